The van der Waals surface area contributed by atoms with E-state index in [-0.39, 0.29) is 11.4 Å². The number of pyridine rings is 1. The first-order valence-corrected chi connectivity index (χ1v) is 16.4. The standard InChI is InChI=1S/C35H37N9O/c1-41-27-21-37-32-29(30(27)35(33(41)45)12-16-43(17-13-35)34(11-14-36)9-5-10-34)28(22-7-8-25-23(18-22)19-38-42(25)2)31(40-32)24-20-39-44-15-4-3-6-26(24)44/h7-8,18-21H,3-6,9-13,15-17H2,1-2H3,(H,37,40). The van der Waals surface area contributed by atoms with Crippen LogP contribution in [-0.4, -0.2) is 66.0 Å². The molecule has 1 aromatic carbocycles. The van der Waals surface area contributed by atoms with Gasteiger partial charge >= 0.3 is 0 Å². The van der Waals surface area contributed by atoms with Crippen LogP contribution in [0, 0.1) is 11.3 Å². The first kappa shape index (κ1) is 26.9. The number of amides is 1. The lowest BCUT2D eigenvalue weighted by Gasteiger charge is -2.53. The van der Waals surface area contributed by atoms with Crippen molar-refractivity contribution in [3.63, 3.8) is 0 Å². The van der Waals surface area contributed by atoms with Gasteiger partial charge in [0.25, 0.3) is 0 Å². The van der Waals surface area contributed by atoms with Crippen molar-refractivity contribution in [2.45, 2.75) is 75.3 Å². The van der Waals surface area contributed by atoms with E-state index in [1.54, 1.807) is 0 Å². The van der Waals surface area contributed by atoms with E-state index in [1.165, 1.54) is 12.1 Å². The summed E-state index contributed by atoms with van der Waals surface area (Å²) in [4.78, 5) is 27.5. The van der Waals surface area contributed by atoms with Gasteiger partial charge in [-0.1, -0.05) is 6.07 Å². The van der Waals surface area contributed by atoms with E-state index in [1.807, 2.05) is 42.3 Å². The van der Waals surface area contributed by atoms with Crippen LogP contribution < -0.4 is 4.90 Å². The number of hydrogen-bond acceptors (Lipinski definition) is 6. The number of hydrogen-bond donors (Lipinski definition) is 1. The predicted octanol–water partition coefficient (Wildman–Crippen LogP) is 5.46. The van der Waals surface area contributed by atoms with E-state index >= 15 is 0 Å². The zero-order valence-electron chi connectivity index (χ0n) is 25.9. The fraction of sp³-hybridized carbons (Fsp3) is 0.457. The molecule has 9 rings (SSSR count). The molecule has 1 aliphatic carbocycles. The Morgan fingerprint density at radius 2 is 1.84 bits per heavy atom. The normalized spacial score (nSPS) is 20.5. The van der Waals surface area contributed by atoms with Crippen molar-refractivity contribution in [1.82, 2.24) is 34.4 Å². The average molecular weight is 600 g/mol. The van der Waals surface area contributed by atoms with E-state index in [2.05, 4.69) is 43.9 Å². The van der Waals surface area contributed by atoms with Gasteiger partial charge in [0.1, 0.15) is 5.65 Å². The number of aryl methyl sites for hydroxylation is 2. The van der Waals surface area contributed by atoms with Gasteiger partial charge in [-0.15, -0.1) is 0 Å². The largest absolute Gasteiger partial charge is 0.339 e. The number of H-pyrrole nitrogens is 1. The summed E-state index contributed by atoms with van der Waals surface area (Å²) in [6.07, 6.45) is 14.5. The lowest BCUT2D eigenvalue weighted by atomic mass is 9.68. The molecule has 1 N–H and O–H groups in total. The van der Waals surface area contributed by atoms with Crippen molar-refractivity contribution < 1.29 is 4.79 Å². The summed E-state index contributed by atoms with van der Waals surface area (Å²) in [5.41, 5.74) is 8.81. The summed E-state index contributed by atoms with van der Waals surface area (Å²) in [6.45, 7) is 2.57. The molecule has 10 heteroatoms. The number of nitrogens with zero attached hydrogens (tertiary/aromatic N) is 8. The molecule has 1 spiro atoms. The number of aromatic nitrogens is 6. The topological polar surface area (TPSA) is 112 Å². The number of benzene rings is 1. The number of nitriles is 1. The van der Waals surface area contributed by atoms with E-state index in [9.17, 15) is 10.1 Å². The van der Waals surface area contributed by atoms with Gasteiger partial charge in [0.15, 0.2) is 0 Å². The second-order valence-corrected chi connectivity index (χ2v) is 13.7. The van der Waals surface area contributed by atoms with E-state index < -0.39 is 5.41 Å². The van der Waals surface area contributed by atoms with Crippen LogP contribution in [0.15, 0.2) is 36.8 Å². The van der Waals surface area contributed by atoms with Gasteiger partial charge in [0, 0.05) is 72.4 Å². The predicted molar refractivity (Wildman–Crippen MR) is 173 cm³/mol. The molecule has 5 aromatic rings. The molecule has 1 amide bonds. The Labute approximate surface area is 261 Å². The monoisotopic (exact) mass is 599 g/mol. The van der Waals surface area contributed by atoms with Gasteiger partial charge in [-0.2, -0.15) is 15.5 Å². The van der Waals surface area contributed by atoms with Crippen molar-refractivity contribution in [3.8, 4) is 28.5 Å². The molecule has 4 aromatic heterocycles. The molecule has 45 heavy (non-hydrogen) atoms. The molecule has 0 bridgehead atoms. The molecule has 0 unspecified atom stereocenters. The molecule has 10 nitrogen and oxygen atoms in total. The molecule has 3 aliphatic heterocycles. The Bertz CT molecular complexity index is 2060. The molecule has 1 saturated heterocycles. The molecule has 4 aliphatic rings. The molecular formula is C35H37N9O. The van der Waals surface area contributed by atoms with Crippen molar-refractivity contribution in [1.29, 1.82) is 5.26 Å². The molecule has 7 heterocycles. The SMILES string of the molecule is CN1C(=O)C2(CCN(C3(CC#N)CCC3)CC2)c2c1cnc1[nH]c(-c3cnn4c3CCCC4)c(-c3ccc4c(cnn4C)c3)c21. The number of fused-ring (bicyclic) bond motifs is 6. The van der Waals surface area contributed by atoms with Crippen LogP contribution in [0.2, 0.25) is 0 Å². The van der Waals surface area contributed by atoms with Gasteiger partial charge < -0.3 is 9.88 Å². The van der Waals surface area contributed by atoms with Gasteiger partial charge in [-0.05, 0) is 69.1 Å². The second kappa shape index (κ2) is 9.51. The minimum Gasteiger partial charge on any atom is -0.339 e. The van der Waals surface area contributed by atoms with E-state index in [0.29, 0.717) is 6.42 Å². The number of rotatable bonds is 4. The lowest BCUT2D eigenvalue weighted by Crippen LogP contribution is -2.59. The lowest BCUT2D eigenvalue weighted by molar-refractivity contribution is -0.126. The molecule has 228 valence electrons. The summed E-state index contributed by atoms with van der Waals surface area (Å²) in [5, 5.41) is 21.1. The number of carbonyl (C=O) groups is 1. The number of carbonyl (C=O) groups excluding carboxylic acids is 1. The minimum absolute atomic E-state index is 0.0204. The smallest absolute Gasteiger partial charge is 0.237 e. The average Bonchev–Trinajstić information content (AvgIpc) is 3.79. The van der Waals surface area contributed by atoms with Crippen LogP contribution in [0.1, 0.15) is 62.6 Å². The molecule has 0 radical (unpaired) electrons. The van der Waals surface area contributed by atoms with Crippen LogP contribution in [0.25, 0.3) is 44.3 Å². The van der Waals surface area contributed by atoms with E-state index in [0.717, 1.165) is 120 Å². The first-order chi connectivity index (χ1) is 21.9. The van der Waals surface area contributed by atoms with Gasteiger partial charge in [0.05, 0.1) is 53.4 Å². The van der Waals surface area contributed by atoms with Crippen molar-refractivity contribution in [2.24, 2.45) is 7.05 Å². The quantitative estimate of drug-likeness (QED) is 0.294. The van der Waals surface area contributed by atoms with E-state index in [4.69, 9.17) is 10.1 Å². The number of piperidine rings is 1. The molecule has 0 atom stereocenters. The second-order valence-electron chi connectivity index (χ2n) is 13.7. The highest BCUT2D eigenvalue weighted by atomic mass is 16.2. The zero-order chi connectivity index (χ0) is 30.5. The van der Waals surface area contributed by atoms with Crippen molar-refractivity contribution in [2.75, 3.05) is 25.0 Å². The maximum absolute atomic E-state index is 14.4. The zero-order valence-corrected chi connectivity index (χ0v) is 25.9. The highest BCUT2D eigenvalue weighted by Gasteiger charge is 2.55. The van der Waals surface area contributed by atoms with Crippen molar-refractivity contribution in [3.05, 3.63) is 48.0 Å². The Morgan fingerprint density at radius 3 is 2.62 bits per heavy atom. The Morgan fingerprint density at radius 1 is 1.00 bits per heavy atom. The molecular weight excluding hydrogens is 562 g/mol. The summed E-state index contributed by atoms with van der Waals surface area (Å²) >= 11 is 0. The third-order valence-corrected chi connectivity index (χ3v) is 11.6. The summed E-state index contributed by atoms with van der Waals surface area (Å²) < 4.78 is 4.06. The van der Waals surface area contributed by atoms with Gasteiger partial charge in [-0.25, -0.2) is 4.98 Å². The highest BCUT2D eigenvalue weighted by Crippen LogP contribution is 2.55. The molecule has 2 fully saturated rings. The first-order valence-electron chi connectivity index (χ1n) is 16.4. The Kier molecular flexibility index (Phi) is 5.68. The summed E-state index contributed by atoms with van der Waals surface area (Å²) in [5.74, 6) is 0.161. The van der Waals surface area contributed by atoms with Crippen molar-refractivity contribution >= 4 is 33.5 Å². The van der Waals surface area contributed by atoms with Gasteiger partial charge in [0.2, 0.25) is 5.91 Å². The van der Waals surface area contributed by atoms with Crippen LogP contribution >= 0.6 is 0 Å². The van der Waals surface area contributed by atoms with Crippen LogP contribution in [0.3, 0.4) is 0 Å². The number of nitrogens with one attached hydrogen (secondary N) is 1. The molecule has 1 saturated carbocycles. The minimum atomic E-state index is -0.635. The summed E-state index contributed by atoms with van der Waals surface area (Å²) in [7, 11) is 3.87. The fourth-order valence-electron chi connectivity index (χ4n) is 9.02. The van der Waals surface area contributed by atoms with Crippen LogP contribution in [0.5, 0.6) is 0 Å². The van der Waals surface area contributed by atoms with Crippen LogP contribution in [-0.2, 0) is 30.2 Å². The fourth-order valence-corrected chi connectivity index (χ4v) is 9.02. The van der Waals surface area contributed by atoms with Crippen LogP contribution in [0.4, 0.5) is 5.69 Å². The third kappa shape index (κ3) is 3.59. The van der Waals surface area contributed by atoms with Gasteiger partial charge in [-0.3, -0.25) is 19.1 Å². The Balaban J connectivity index is 1.27. The number of likely N-dealkylation sites (tertiary alicyclic amines) is 1. The Hall–Kier alpha value is -4.49. The number of aromatic amines is 1. The maximum Gasteiger partial charge on any atom is 0.237 e. The maximum atomic E-state index is 14.4. The summed E-state index contributed by atoms with van der Waals surface area (Å²) in [6, 6.07) is 9.01. The third-order valence-electron chi connectivity index (χ3n) is 11.6. The highest BCUT2D eigenvalue weighted by molar-refractivity contribution is 6.16. The number of likely N-dealkylation sites (N-methyl/N-ethyl adjacent to an activating group) is 1. The number of anilines is 1.